The monoisotopic (exact) mass is 754 g/mol. The minimum atomic E-state index is -0.199. The van der Waals surface area contributed by atoms with Gasteiger partial charge in [-0.05, 0) is 85.9 Å². The second-order valence-electron chi connectivity index (χ2n) is 10.1. The Balaban J connectivity index is 0.00000118. The van der Waals surface area contributed by atoms with Crippen molar-refractivity contribution < 1.29 is 79.7 Å². The number of unbranched alkanes of at least 4 members (excludes halogenated alkanes) is 1. The van der Waals surface area contributed by atoms with Gasteiger partial charge < -0.3 is 14.6 Å². The Labute approximate surface area is 306 Å². The number of Topliss-reactive ketones (excluding diaryl/α,β-unsaturated/α-hetero) is 1. The number of alkyl halides is 1. The predicted octanol–water partition coefficient (Wildman–Crippen LogP) is 6.61. The number of nitrogens with one attached hydrogen (secondary N) is 1. The van der Waals surface area contributed by atoms with Crippen LogP contribution in [0.2, 0.25) is 0 Å². The molecule has 2 heterocycles. The van der Waals surface area contributed by atoms with Crippen molar-refractivity contribution >= 4 is 66.2 Å². The van der Waals surface area contributed by atoms with Gasteiger partial charge in [-0.1, -0.05) is 38.5 Å². The molecule has 1 amide bonds. The smallest absolute Gasteiger partial charge is 0.274 e. The second kappa shape index (κ2) is 17.5. The van der Waals surface area contributed by atoms with Crippen LogP contribution in [0.4, 0.5) is 5.69 Å². The van der Waals surface area contributed by atoms with E-state index in [9.17, 15) is 9.59 Å². The summed E-state index contributed by atoms with van der Waals surface area (Å²) in [5.74, 6) is 1.46. The van der Waals surface area contributed by atoms with Crippen molar-refractivity contribution in [2.24, 2.45) is 0 Å². The molecule has 5 rings (SSSR count). The van der Waals surface area contributed by atoms with Gasteiger partial charge in [-0.25, -0.2) is 0 Å². The number of aromatic nitrogens is 1. The minimum Gasteiger partial charge on any atom is -0.481 e. The molecule has 42 heavy (non-hydrogen) atoms. The zero-order valence-electron chi connectivity index (χ0n) is 24.9. The Morgan fingerprint density at radius 3 is 2.43 bits per heavy atom. The summed E-state index contributed by atoms with van der Waals surface area (Å²) in [4.78, 5) is 30.6. The molecule has 0 bridgehead atoms. The number of amides is 1. The summed E-state index contributed by atoms with van der Waals surface area (Å²) in [5, 5.41) is 4.18. The fourth-order valence-corrected chi connectivity index (χ4v) is 5.34. The van der Waals surface area contributed by atoms with Crippen LogP contribution in [0.15, 0.2) is 42.5 Å². The molecule has 9 heteroatoms. The molecule has 2 aliphatic rings. The van der Waals surface area contributed by atoms with E-state index in [1.54, 1.807) is 13.0 Å². The number of fused-ring (bicyclic) bond motifs is 4. The molecule has 0 saturated heterocycles. The van der Waals surface area contributed by atoms with Crippen LogP contribution in [0.5, 0.6) is 5.75 Å². The molecule has 1 aliphatic carbocycles. The SMILES string of the molecule is CCCC=CC(Oc1cc2c(c3c1=CCCC=3)CCN2C(=O)c1cc2cc(C(C)=O)ccc2[nH]1)C(C)=P.CCCl.[Y].[Y]. The van der Waals surface area contributed by atoms with Crippen molar-refractivity contribution in [3.05, 3.63) is 69.7 Å². The van der Waals surface area contributed by atoms with Gasteiger partial charge in [0.1, 0.15) is 17.5 Å². The van der Waals surface area contributed by atoms with Crippen LogP contribution in [0.1, 0.15) is 79.8 Å². The van der Waals surface area contributed by atoms with Gasteiger partial charge >= 0.3 is 0 Å². The number of allylic oxidation sites excluding steroid dienone is 1. The van der Waals surface area contributed by atoms with Crippen LogP contribution in [-0.2, 0) is 71.8 Å². The number of anilines is 1. The largest absolute Gasteiger partial charge is 0.481 e. The van der Waals surface area contributed by atoms with Crippen LogP contribution in [-0.4, -0.2) is 40.5 Å². The maximum absolute atomic E-state index is 13.7. The number of ketones is 1. The van der Waals surface area contributed by atoms with Crippen LogP contribution in [0, 0.1) is 0 Å². The number of hydrogen-bond acceptors (Lipinski definition) is 3. The minimum absolute atomic E-state index is 0. The number of carbonyl (C=O) groups excluding carboxylic acids is 2. The van der Waals surface area contributed by atoms with Gasteiger partial charge in [-0.2, -0.15) is 0 Å². The third kappa shape index (κ3) is 8.61. The predicted molar refractivity (Wildman–Crippen MR) is 171 cm³/mol. The van der Waals surface area contributed by atoms with Crippen LogP contribution < -0.4 is 20.1 Å². The molecule has 0 fully saturated rings. The summed E-state index contributed by atoms with van der Waals surface area (Å²) in [5.41, 5.74) is 4.12. The van der Waals surface area contributed by atoms with Gasteiger partial charge in [0.25, 0.3) is 5.91 Å². The maximum atomic E-state index is 13.7. The molecule has 1 atom stereocenters. The molecule has 2 aromatic carbocycles. The third-order valence-corrected chi connectivity index (χ3v) is 7.43. The Morgan fingerprint density at radius 2 is 1.79 bits per heavy atom. The normalized spacial score (nSPS) is 13.8. The number of halogens is 1. The molecule has 0 spiro atoms. The number of hydrogen-bond donors (Lipinski definition) is 1. The summed E-state index contributed by atoms with van der Waals surface area (Å²) < 4.78 is 6.56. The van der Waals surface area contributed by atoms with Crippen molar-refractivity contribution in [1.29, 1.82) is 0 Å². The van der Waals surface area contributed by atoms with E-state index in [0.29, 0.717) is 17.8 Å². The molecule has 1 aromatic heterocycles. The number of benzene rings is 2. The number of ether oxygens (including phenoxy) is 1. The molecule has 216 valence electrons. The number of nitrogens with zero attached hydrogens (tertiary/aromatic N) is 1. The third-order valence-electron chi connectivity index (χ3n) is 7.15. The van der Waals surface area contributed by atoms with Gasteiger partial charge in [-0.3, -0.25) is 9.59 Å². The summed E-state index contributed by atoms with van der Waals surface area (Å²) in [6.07, 6.45) is 13.5. The van der Waals surface area contributed by atoms with E-state index in [2.05, 4.69) is 45.1 Å². The first-order valence-corrected chi connectivity index (χ1v) is 15.1. The van der Waals surface area contributed by atoms with Gasteiger partial charge in [0.15, 0.2) is 5.78 Å². The van der Waals surface area contributed by atoms with E-state index in [-0.39, 0.29) is 83.2 Å². The molecule has 1 unspecified atom stereocenters. The molecular formula is C33H38ClN2O3PY2. The standard InChI is InChI=1S/C31H33N2O3P.C2H5Cl.2Y/c1-4-5-6-11-29(20(3)37)36-30-18-28-24(23-9-7-8-10-25(23)30)14-15-33(28)31(35)27-17-22-16-21(19(2)34)12-13-26(22)32-27;1-2-3;;/h6,9-13,16-18,29,32,37H,4-5,7-8,14-15H2,1-3H3;2H2,1H3;;. The molecule has 3 aromatic rings. The van der Waals surface area contributed by atoms with Gasteiger partial charge in [0.2, 0.25) is 0 Å². The summed E-state index contributed by atoms with van der Waals surface area (Å²) in [6.45, 7) is 8.23. The quantitative estimate of drug-likeness (QED) is 0.122. The number of aromatic amines is 1. The van der Waals surface area contributed by atoms with Gasteiger partial charge in [0.05, 0.1) is 5.69 Å². The van der Waals surface area contributed by atoms with E-state index < -0.39 is 0 Å². The van der Waals surface area contributed by atoms with E-state index in [1.165, 1.54) is 10.8 Å². The zero-order valence-corrected chi connectivity index (χ0v) is 32.4. The second-order valence-corrected chi connectivity index (χ2v) is 11.5. The van der Waals surface area contributed by atoms with Crippen molar-refractivity contribution in [2.45, 2.75) is 65.9 Å². The van der Waals surface area contributed by atoms with Crippen molar-refractivity contribution in [3.8, 4) is 5.75 Å². The Hall–Kier alpha value is -0.932. The maximum Gasteiger partial charge on any atom is 0.274 e. The van der Waals surface area contributed by atoms with Gasteiger partial charge in [0, 0.05) is 106 Å². The Bertz CT molecular complexity index is 1600. The Kier molecular flexibility index (Phi) is 15.5. The fourth-order valence-electron chi connectivity index (χ4n) is 5.18. The Morgan fingerprint density at radius 1 is 1.10 bits per heavy atom. The average Bonchev–Trinajstić information content (AvgIpc) is 3.56. The number of H-pyrrole nitrogens is 1. The van der Waals surface area contributed by atoms with Crippen molar-refractivity contribution in [2.75, 3.05) is 17.3 Å². The molecule has 0 saturated carbocycles. The first kappa shape index (κ1) is 37.3. The topological polar surface area (TPSA) is 62.4 Å². The first-order valence-electron chi connectivity index (χ1n) is 14.0. The number of rotatable bonds is 8. The van der Waals surface area contributed by atoms with E-state index in [4.69, 9.17) is 16.3 Å². The fraction of sp³-hybridized carbons (Fsp3) is 0.364. The van der Waals surface area contributed by atoms with E-state index in [1.807, 2.05) is 43.0 Å². The van der Waals surface area contributed by atoms with Crippen LogP contribution >= 0.6 is 20.5 Å². The summed E-state index contributed by atoms with van der Waals surface area (Å²) in [7, 11) is 3.69. The van der Waals surface area contributed by atoms with Crippen LogP contribution in [0.3, 0.4) is 0 Å². The molecular weight excluding hydrogens is 717 g/mol. The van der Waals surface area contributed by atoms with Crippen LogP contribution in [0.25, 0.3) is 23.1 Å². The number of carbonyl (C=O) groups is 2. The van der Waals surface area contributed by atoms with Gasteiger partial charge in [-0.15, -0.1) is 20.5 Å². The summed E-state index contributed by atoms with van der Waals surface area (Å²) >= 11 is 5.00. The van der Waals surface area contributed by atoms with E-state index in [0.717, 1.165) is 70.8 Å². The van der Waals surface area contributed by atoms with Crippen molar-refractivity contribution in [1.82, 2.24) is 4.98 Å². The molecule has 1 N–H and O–H groups in total. The molecule has 5 nitrogen and oxygen atoms in total. The summed E-state index contributed by atoms with van der Waals surface area (Å²) in [6, 6.07) is 9.37. The van der Waals surface area contributed by atoms with Crippen molar-refractivity contribution in [3.63, 3.8) is 0 Å². The first-order chi connectivity index (χ1) is 19.3. The molecule has 1 aliphatic heterocycles. The zero-order chi connectivity index (χ0) is 28.8. The average molecular weight is 755 g/mol. The van der Waals surface area contributed by atoms with E-state index >= 15 is 0 Å². The molecule has 2 radical (unpaired) electrons.